The van der Waals surface area contributed by atoms with Gasteiger partial charge >= 0.3 is 7.12 Å². The van der Waals surface area contributed by atoms with Crippen molar-refractivity contribution in [3.8, 4) is 0 Å². The van der Waals surface area contributed by atoms with Gasteiger partial charge in [0.15, 0.2) is 0 Å². The highest BCUT2D eigenvalue weighted by Gasteiger charge is 2.07. The lowest BCUT2D eigenvalue weighted by Gasteiger charge is -1.94. The zero-order chi connectivity index (χ0) is 9.30. The molecular weight excluding hydrogens is 115 g/mol. The number of benzene rings is 1. The Morgan fingerprint density at radius 3 is 2.33 bits per heavy atom. The predicted octanol–water partition coefficient (Wildman–Crippen LogP) is -0.634. The Hall–Kier alpha value is -0.795. The zero-order valence-electron chi connectivity index (χ0n) is 7.63. The molecular formula is C6H7BO2. The maximum atomic E-state index is 8.73. The van der Waals surface area contributed by atoms with E-state index in [0.29, 0.717) is 0 Å². The summed E-state index contributed by atoms with van der Waals surface area (Å²) in [6.45, 7) is 0. The van der Waals surface area contributed by atoms with Gasteiger partial charge in [0, 0.05) is 0 Å². The molecule has 2 nitrogen and oxygen atoms in total. The molecule has 0 fully saturated rings. The van der Waals surface area contributed by atoms with E-state index in [0.717, 1.165) is 12.1 Å². The third-order valence-corrected chi connectivity index (χ3v) is 0.880. The van der Waals surface area contributed by atoms with Crippen molar-refractivity contribution in [2.24, 2.45) is 0 Å². The van der Waals surface area contributed by atoms with Gasteiger partial charge in [-0.05, 0) is 5.46 Å². The average Bonchev–Trinajstić information content (AvgIpc) is 1.82. The van der Waals surface area contributed by atoms with Gasteiger partial charge in [0.05, 0.1) is 4.11 Å². The van der Waals surface area contributed by atoms with Crippen molar-refractivity contribution in [2.75, 3.05) is 0 Å². The summed E-state index contributed by atoms with van der Waals surface area (Å²) < 4.78 is 21.6. The monoisotopic (exact) mass is 125 g/mol. The first-order chi connectivity index (χ1) is 5.52. The standard InChI is InChI=1S/C6H7BO2/c8-7(9)6-4-2-1-3-5-6/h1-5,8-9H/i1D,4D,5D. The molecule has 0 unspecified atom stereocenters. The Balaban J connectivity index is 3.28. The first-order valence-electron chi connectivity index (χ1n) is 3.96. The normalized spacial score (nSPS) is 13.8. The Morgan fingerprint density at radius 2 is 1.89 bits per heavy atom. The zero-order valence-corrected chi connectivity index (χ0v) is 4.63. The van der Waals surface area contributed by atoms with E-state index < -0.39 is 7.12 Å². The molecule has 3 heteroatoms. The molecule has 0 atom stereocenters. The molecule has 0 amide bonds. The van der Waals surface area contributed by atoms with Gasteiger partial charge in [-0.15, -0.1) is 0 Å². The highest BCUT2D eigenvalue weighted by molar-refractivity contribution is 6.58. The topological polar surface area (TPSA) is 40.5 Å². The second kappa shape index (κ2) is 2.66. The summed E-state index contributed by atoms with van der Waals surface area (Å²) in [7, 11) is -1.81. The molecule has 0 spiro atoms. The molecule has 0 bridgehead atoms. The molecule has 0 radical (unpaired) electrons. The first kappa shape index (κ1) is 3.39. The van der Waals surface area contributed by atoms with Gasteiger partial charge in [-0.3, -0.25) is 0 Å². The van der Waals surface area contributed by atoms with E-state index in [9.17, 15) is 0 Å². The Kier molecular flexibility index (Phi) is 1.00. The van der Waals surface area contributed by atoms with Crippen LogP contribution in [0.15, 0.2) is 30.3 Å². The minimum absolute atomic E-state index is 0.0226. The molecule has 0 saturated carbocycles. The lowest BCUT2D eigenvalue weighted by molar-refractivity contribution is 0.426. The minimum atomic E-state index is -1.81. The molecule has 1 aromatic rings. The van der Waals surface area contributed by atoms with E-state index in [1.165, 1.54) is 0 Å². The quantitative estimate of drug-likeness (QED) is 0.490. The van der Waals surface area contributed by atoms with Crippen molar-refractivity contribution in [3.05, 3.63) is 30.3 Å². The van der Waals surface area contributed by atoms with Crippen molar-refractivity contribution in [3.63, 3.8) is 0 Å². The summed E-state index contributed by atoms with van der Waals surface area (Å²) in [5.41, 5.74) is -0.161. The Labute approximate surface area is 58.1 Å². The van der Waals surface area contributed by atoms with Crippen LogP contribution >= 0.6 is 0 Å². The number of hydrogen-bond donors (Lipinski definition) is 2. The maximum Gasteiger partial charge on any atom is 0.488 e. The van der Waals surface area contributed by atoms with Crippen LogP contribution in [0.1, 0.15) is 4.11 Å². The van der Waals surface area contributed by atoms with Crippen LogP contribution in [0.2, 0.25) is 0 Å². The summed E-state index contributed by atoms with van der Waals surface area (Å²) in [6.07, 6.45) is 0. The average molecular weight is 125 g/mol. The van der Waals surface area contributed by atoms with Crippen LogP contribution in [0.4, 0.5) is 0 Å². The molecule has 1 aromatic carbocycles. The summed E-state index contributed by atoms with van der Waals surface area (Å²) in [5, 5.41) is 17.5. The molecule has 0 aliphatic carbocycles. The van der Waals surface area contributed by atoms with Crippen LogP contribution in [0.5, 0.6) is 0 Å². The second-order valence-electron chi connectivity index (χ2n) is 1.53. The Morgan fingerprint density at radius 1 is 1.33 bits per heavy atom. The number of hydrogen-bond acceptors (Lipinski definition) is 2. The Bertz CT molecular complexity index is 280. The van der Waals surface area contributed by atoms with Gasteiger partial charge in [0.1, 0.15) is 0 Å². The van der Waals surface area contributed by atoms with Crippen molar-refractivity contribution >= 4 is 12.6 Å². The lowest BCUT2D eigenvalue weighted by atomic mass is 9.81. The molecule has 9 heavy (non-hydrogen) atoms. The van der Waals surface area contributed by atoms with Gasteiger partial charge in [-0.1, -0.05) is 30.3 Å². The van der Waals surface area contributed by atoms with Crippen LogP contribution in [0.3, 0.4) is 0 Å². The van der Waals surface area contributed by atoms with Gasteiger partial charge < -0.3 is 10.0 Å². The summed E-state index contributed by atoms with van der Waals surface area (Å²) in [6, 6.07) is 1.96. The van der Waals surface area contributed by atoms with Crippen molar-refractivity contribution in [1.82, 2.24) is 0 Å². The second-order valence-corrected chi connectivity index (χ2v) is 1.53. The third-order valence-electron chi connectivity index (χ3n) is 0.880. The van der Waals surface area contributed by atoms with E-state index in [-0.39, 0.29) is 23.6 Å². The van der Waals surface area contributed by atoms with E-state index in [2.05, 4.69) is 0 Å². The van der Waals surface area contributed by atoms with Crippen LogP contribution in [-0.4, -0.2) is 17.2 Å². The van der Waals surface area contributed by atoms with E-state index >= 15 is 0 Å². The predicted molar refractivity (Wildman–Crippen MR) is 36.3 cm³/mol. The van der Waals surface area contributed by atoms with Crippen molar-refractivity contribution < 1.29 is 14.2 Å². The molecule has 0 aliphatic heterocycles. The first-order valence-corrected chi connectivity index (χ1v) is 2.46. The van der Waals surface area contributed by atoms with Crippen molar-refractivity contribution in [1.29, 1.82) is 0 Å². The third kappa shape index (κ3) is 1.55. The van der Waals surface area contributed by atoms with Gasteiger partial charge in [-0.25, -0.2) is 0 Å². The van der Waals surface area contributed by atoms with Gasteiger partial charge in [0.2, 0.25) is 0 Å². The fourth-order valence-electron chi connectivity index (χ4n) is 0.471. The molecule has 0 saturated heterocycles. The minimum Gasteiger partial charge on any atom is -0.423 e. The van der Waals surface area contributed by atoms with Crippen molar-refractivity contribution in [2.45, 2.75) is 0 Å². The highest BCUT2D eigenvalue weighted by atomic mass is 16.4. The van der Waals surface area contributed by atoms with E-state index in [1.807, 2.05) is 0 Å². The SMILES string of the molecule is [2H]c1cc([2H])c(B(O)O)c([2H])c1. The fraction of sp³-hybridized carbons (Fsp3) is 0. The molecule has 0 heterocycles. The summed E-state index contributed by atoms with van der Waals surface area (Å²) >= 11 is 0. The van der Waals surface area contributed by atoms with E-state index in [4.69, 9.17) is 14.2 Å². The fourth-order valence-corrected chi connectivity index (χ4v) is 0.471. The molecule has 0 aliphatic rings. The van der Waals surface area contributed by atoms with Crippen LogP contribution in [-0.2, 0) is 0 Å². The molecule has 1 rings (SSSR count). The smallest absolute Gasteiger partial charge is 0.423 e. The van der Waals surface area contributed by atoms with E-state index in [1.54, 1.807) is 0 Å². The van der Waals surface area contributed by atoms with Gasteiger partial charge in [-0.2, -0.15) is 0 Å². The molecule has 46 valence electrons. The molecule has 2 N–H and O–H groups in total. The molecule has 0 aromatic heterocycles. The number of rotatable bonds is 1. The summed E-state index contributed by atoms with van der Waals surface area (Å²) in [5.74, 6) is 0. The highest BCUT2D eigenvalue weighted by Crippen LogP contribution is 1.82. The van der Waals surface area contributed by atoms with Gasteiger partial charge in [0.25, 0.3) is 0 Å². The largest absolute Gasteiger partial charge is 0.488 e. The lowest BCUT2D eigenvalue weighted by Crippen LogP contribution is -2.29. The maximum absolute atomic E-state index is 8.73. The van der Waals surface area contributed by atoms with Crippen LogP contribution in [0.25, 0.3) is 0 Å². The van der Waals surface area contributed by atoms with Crippen LogP contribution < -0.4 is 5.46 Å². The van der Waals surface area contributed by atoms with Crippen LogP contribution in [0, 0.1) is 0 Å². The summed E-state index contributed by atoms with van der Waals surface area (Å²) in [4.78, 5) is 0.